The van der Waals surface area contributed by atoms with Crippen molar-refractivity contribution in [2.45, 2.75) is 0 Å². The molecule has 0 unspecified atom stereocenters. The first kappa shape index (κ1) is 9.95. The van der Waals surface area contributed by atoms with Crippen LogP contribution in [0.5, 0.6) is 0 Å². The molecule has 55 valence electrons. The van der Waals surface area contributed by atoms with Gasteiger partial charge >= 0.3 is 47.7 Å². The van der Waals surface area contributed by atoms with Crippen molar-refractivity contribution >= 4 is 4.00 Å². The summed E-state index contributed by atoms with van der Waals surface area (Å²) >= 11 is 2.03. The van der Waals surface area contributed by atoms with Crippen LogP contribution < -0.4 is 4.00 Å². The van der Waals surface area contributed by atoms with Gasteiger partial charge in [-0.05, 0) is 21.1 Å². The number of hydrogen-bond acceptors (Lipinski definition) is 1. The summed E-state index contributed by atoms with van der Waals surface area (Å²) < 4.78 is 1.22. The molecule has 1 aromatic rings. The van der Waals surface area contributed by atoms with Crippen molar-refractivity contribution in [1.82, 2.24) is 9.88 Å². The fourth-order valence-electron chi connectivity index (χ4n) is 0.330. The van der Waals surface area contributed by atoms with Crippen molar-refractivity contribution in [3.05, 3.63) is 18.3 Å². The monoisotopic (exact) mass is 173 g/mol. The summed E-state index contributed by atoms with van der Waals surface area (Å²) in [6.07, 6.45) is 1.91. The number of aromatic amines is 1. The van der Waals surface area contributed by atoms with E-state index in [1.807, 2.05) is 64.8 Å². The van der Waals surface area contributed by atoms with Crippen LogP contribution in [0, 0.1) is 0 Å². The first-order valence-electron chi connectivity index (χ1n) is 3.09. The van der Waals surface area contributed by atoms with E-state index in [1.54, 1.807) is 0 Å². The van der Waals surface area contributed by atoms with Crippen LogP contribution in [0.3, 0.4) is 0 Å². The van der Waals surface area contributed by atoms with Crippen LogP contribution >= 0.6 is 0 Å². The maximum absolute atomic E-state index is 3.00. The molecule has 0 atom stereocenters. The van der Waals surface area contributed by atoms with Crippen LogP contribution in [0.15, 0.2) is 18.3 Å². The van der Waals surface area contributed by atoms with E-state index in [4.69, 9.17) is 0 Å². The van der Waals surface area contributed by atoms with Crippen LogP contribution in [0.4, 0.5) is 0 Å². The molecule has 0 aromatic carbocycles. The minimum atomic E-state index is 1.22. The van der Waals surface area contributed by atoms with Gasteiger partial charge in [-0.3, -0.25) is 0 Å². The zero-order chi connectivity index (χ0) is 7.98. The Kier molecular flexibility index (Phi) is 5.69. The van der Waals surface area contributed by atoms with E-state index in [0.717, 1.165) is 0 Å². The van der Waals surface area contributed by atoms with Gasteiger partial charge in [0.2, 0.25) is 0 Å². The zero-order valence-corrected chi connectivity index (χ0v) is 8.24. The fraction of sp³-hybridized carbons (Fsp3) is 0.429. The Morgan fingerprint density at radius 3 is 2.00 bits per heavy atom. The summed E-state index contributed by atoms with van der Waals surface area (Å²) in [5, 5.41) is 0. The van der Waals surface area contributed by atoms with Crippen LogP contribution in [0.2, 0.25) is 0 Å². The third-order valence-electron chi connectivity index (χ3n) is 0.598. The molecular weight excluding hydrogens is 160 g/mol. The molecule has 2 nitrogen and oxygen atoms in total. The minimum absolute atomic E-state index is 1.22. The third kappa shape index (κ3) is 7.95. The molecule has 0 aliphatic rings. The third-order valence-corrected chi connectivity index (χ3v) is 1.08. The van der Waals surface area contributed by atoms with E-state index >= 15 is 0 Å². The first-order valence-corrected chi connectivity index (χ1v) is 3.87. The van der Waals surface area contributed by atoms with Gasteiger partial charge in [-0.1, -0.05) is 0 Å². The van der Waals surface area contributed by atoms with Crippen molar-refractivity contribution in [2.24, 2.45) is 0 Å². The number of aromatic nitrogens is 1. The predicted molar refractivity (Wildman–Crippen MR) is 40.0 cm³/mol. The molecule has 0 aliphatic heterocycles. The Hall–Kier alpha value is -0.0457. The summed E-state index contributed by atoms with van der Waals surface area (Å²) in [5.74, 6) is 0. The van der Waals surface area contributed by atoms with Gasteiger partial charge in [-0.25, -0.2) is 0 Å². The van der Waals surface area contributed by atoms with Gasteiger partial charge in [0.1, 0.15) is 0 Å². The summed E-state index contributed by atoms with van der Waals surface area (Å²) in [6, 6.07) is 4.01. The van der Waals surface area contributed by atoms with E-state index in [9.17, 15) is 0 Å². The molecule has 1 heterocycles. The van der Waals surface area contributed by atoms with Gasteiger partial charge in [0.15, 0.2) is 0 Å². The predicted octanol–water partition coefficient (Wildman–Crippen LogP) is 0.365. The molecule has 0 saturated heterocycles. The molecular formula is C7H13N2Ti. The molecule has 0 aliphatic carbocycles. The quantitative estimate of drug-likeness (QED) is 0.561. The molecule has 1 N–H and O–H groups in total. The Morgan fingerprint density at radius 2 is 1.90 bits per heavy atom. The summed E-state index contributed by atoms with van der Waals surface area (Å²) in [4.78, 5) is 5.00. The molecule has 3 heteroatoms. The Balaban J connectivity index is 0.000000180. The van der Waals surface area contributed by atoms with E-state index in [2.05, 4.69) is 4.98 Å². The van der Waals surface area contributed by atoms with E-state index < -0.39 is 0 Å². The van der Waals surface area contributed by atoms with Crippen LogP contribution in [0.1, 0.15) is 0 Å². The van der Waals surface area contributed by atoms with Gasteiger partial charge in [-0.15, -0.1) is 0 Å². The Labute approximate surface area is 74.0 Å². The standard InChI is InChI=1S/C4H4N.C3H9N.Ti/c1-2-4-5-3-1;1-4(2)3;/h1-3,5H;1-3H3;. The number of nitrogens with zero attached hydrogens (tertiary/aromatic N) is 1. The van der Waals surface area contributed by atoms with Gasteiger partial charge in [0, 0.05) is 0 Å². The summed E-state index contributed by atoms with van der Waals surface area (Å²) in [6.45, 7) is 0. The normalized spacial score (nSPS) is 8.70. The van der Waals surface area contributed by atoms with Gasteiger partial charge in [-0.2, -0.15) is 0 Å². The average molecular weight is 173 g/mol. The van der Waals surface area contributed by atoms with Crippen LogP contribution in [-0.2, 0) is 20.4 Å². The first-order chi connectivity index (χ1) is 4.63. The SMILES string of the molecule is CN(C)C.[Ti][c]1ccc[nH]1. The van der Waals surface area contributed by atoms with Crippen molar-refractivity contribution in [1.29, 1.82) is 0 Å². The molecule has 10 heavy (non-hydrogen) atoms. The molecule has 0 fully saturated rings. The molecule has 0 amide bonds. The Bertz CT molecular complexity index is 144. The second-order valence-electron chi connectivity index (χ2n) is 2.43. The molecule has 1 rings (SSSR count). The maximum atomic E-state index is 3.00. The van der Waals surface area contributed by atoms with E-state index in [0.29, 0.717) is 0 Å². The number of hydrogen-bond donors (Lipinski definition) is 1. The molecule has 0 spiro atoms. The molecule has 0 saturated carbocycles. The van der Waals surface area contributed by atoms with E-state index in [1.165, 1.54) is 4.00 Å². The van der Waals surface area contributed by atoms with Gasteiger partial charge < -0.3 is 4.90 Å². The summed E-state index contributed by atoms with van der Waals surface area (Å²) in [7, 11) is 6.00. The second kappa shape index (κ2) is 5.72. The zero-order valence-electron chi connectivity index (χ0n) is 6.68. The van der Waals surface area contributed by atoms with Crippen molar-refractivity contribution in [2.75, 3.05) is 21.1 Å². The fourth-order valence-corrected chi connectivity index (χ4v) is 0.611. The summed E-state index contributed by atoms with van der Waals surface area (Å²) in [5.41, 5.74) is 0. The number of rotatable bonds is 0. The van der Waals surface area contributed by atoms with E-state index in [-0.39, 0.29) is 0 Å². The average Bonchev–Trinajstić information content (AvgIpc) is 2.15. The second-order valence-corrected chi connectivity index (χ2v) is 3.27. The van der Waals surface area contributed by atoms with Crippen molar-refractivity contribution < 1.29 is 20.4 Å². The van der Waals surface area contributed by atoms with Gasteiger partial charge in [0.05, 0.1) is 0 Å². The van der Waals surface area contributed by atoms with Crippen LogP contribution in [-0.4, -0.2) is 31.0 Å². The van der Waals surface area contributed by atoms with Crippen molar-refractivity contribution in [3.8, 4) is 0 Å². The Morgan fingerprint density at radius 1 is 1.40 bits per heavy atom. The number of nitrogens with one attached hydrogen (secondary N) is 1. The van der Waals surface area contributed by atoms with Gasteiger partial charge in [0.25, 0.3) is 0 Å². The molecule has 1 aromatic heterocycles. The topological polar surface area (TPSA) is 19.0 Å². The van der Waals surface area contributed by atoms with Crippen molar-refractivity contribution in [3.63, 3.8) is 0 Å². The molecule has 0 bridgehead atoms. The number of H-pyrrole nitrogens is 1. The van der Waals surface area contributed by atoms with Crippen LogP contribution in [0.25, 0.3) is 0 Å². The molecule has 0 radical (unpaired) electrons.